The van der Waals surface area contributed by atoms with Gasteiger partial charge in [-0.15, -0.1) is 0 Å². The number of amides is 3. The van der Waals surface area contributed by atoms with Gasteiger partial charge in [-0.25, -0.2) is 4.79 Å². The summed E-state index contributed by atoms with van der Waals surface area (Å²) in [5.41, 5.74) is 1.67. The molecule has 1 aliphatic rings. The summed E-state index contributed by atoms with van der Waals surface area (Å²) in [5.74, 6) is -3.26. The van der Waals surface area contributed by atoms with Crippen molar-refractivity contribution in [2.75, 3.05) is 20.3 Å². The minimum Gasteiger partial charge on any atom is -0.479 e. The Balaban J connectivity index is 1.93. The molecule has 0 aliphatic carbocycles. The molecule has 3 atom stereocenters. The maximum atomic E-state index is 13.8. The van der Waals surface area contributed by atoms with Crippen LogP contribution in [0.15, 0.2) is 66.9 Å². The molecule has 2 aromatic carbocycles. The molecule has 38 heavy (non-hydrogen) atoms. The number of benzene rings is 2. The number of nitrogens with zero attached hydrogens (tertiary/aromatic N) is 2. The summed E-state index contributed by atoms with van der Waals surface area (Å²) in [6.45, 7) is 2.94. The smallest absolute Gasteiger partial charge is 0.334 e. The van der Waals surface area contributed by atoms with Gasteiger partial charge < -0.3 is 25.2 Å². The first-order valence-electron chi connectivity index (χ1n) is 12.3. The quantitative estimate of drug-likeness (QED) is 0.406. The predicted octanol–water partition coefficient (Wildman–Crippen LogP) is 1.50. The number of carbonyl (C=O) groups excluding carboxylic acids is 3. The molecule has 0 spiro atoms. The van der Waals surface area contributed by atoms with Crippen molar-refractivity contribution >= 4 is 29.4 Å². The van der Waals surface area contributed by atoms with Gasteiger partial charge in [-0.05, 0) is 23.5 Å². The Morgan fingerprint density at radius 3 is 2.18 bits per heavy atom. The molecule has 202 valence electrons. The molecule has 0 radical (unpaired) electrons. The van der Waals surface area contributed by atoms with E-state index in [1.807, 2.05) is 0 Å². The predicted molar refractivity (Wildman–Crippen MR) is 139 cm³/mol. The van der Waals surface area contributed by atoms with Gasteiger partial charge in [0.05, 0.1) is 11.7 Å². The van der Waals surface area contributed by atoms with E-state index in [9.17, 15) is 29.4 Å². The Morgan fingerprint density at radius 2 is 1.63 bits per heavy atom. The fraction of sp³-hybridized carbons (Fsp3) is 0.357. The van der Waals surface area contributed by atoms with Gasteiger partial charge >= 0.3 is 5.97 Å². The van der Waals surface area contributed by atoms with Gasteiger partial charge in [0, 0.05) is 13.3 Å². The second-order valence-electron chi connectivity index (χ2n) is 9.37. The number of methoxy groups -OCH3 is 1. The molecule has 2 aromatic rings. The van der Waals surface area contributed by atoms with Crippen molar-refractivity contribution < 1.29 is 34.1 Å². The van der Waals surface area contributed by atoms with Gasteiger partial charge in [0.25, 0.3) is 11.8 Å². The van der Waals surface area contributed by atoms with Crippen LogP contribution in [-0.4, -0.2) is 82.2 Å². The van der Waals surface area contributed by atoms with Gasteiger partial charge in [-0.3, -0.25) is 19.3 Å². The molecule has 3 amide bonds. The van der Waals surface area contributed by atoms with Gasteiger partial charge in [0.15, 0.2) is 6.10 Å². The summed E-state index contributed by atoms with van der Waals surface area (Å²) in [7, 11) is 1.39. The highest BCUT2D eigenvalue weighted by Gasteiger charge is 2.41. The molecule has 1 aliphatic heterocycles. The summed E-state index contributed by atoms with van der Waals surface area (Å²) in [6.07, 6.45) is -0.238. The maximum absolute atomic E-state index is 13.8. The average Bonchev–Trinajstić information content (AvgIpc) is 2.89. The number of rotatable bonds is 11. The summed E-state index contributed by atoms with van der Waals surface area (Å²) in [6, 6.07) is 15.7. The second kappa shape index (κ2) is 13.0. The molecule has 3 N–H and O–H groups in total. The summed E-state index contributed by atoms with van der Waals surface area (Å²) >= 11 is 0. The Labute approximate surface area is 221 Å². The SMILES string of the molecule is COCC(=O)N1C=C(c2ccccc2)N(CC(=O)N[C@@H](Cc2ccccc2)C(O)C(=O)O)C(=O)[C@H]1C(C)C. The van der Waals surface area contributed by atoms with Gasteiger partial charge in [0.2, 0.25) is 5.91 Å². The molecular formula is C28H33N3O7. The van der Waals surface area contributed by atoms with E-state index in [1.165, 1.54) is 16.9 Å². The zero-order valence-corrected chi connectivity index (χ0v) is 21.6. The molecule has 0 fully saturated rings. The van der Waals surface area contributed by atoms with Crippen LogP contribution < -0.4 is 5.32 Å². The Bertz CT molecular complexity index is 1170. The third-order valence-corrected chi connectivity index (χ3v) is 6.21. The minimum atomic E-state index is -1.86. The van der Waals surface area contributed by atoms with E-state index in [4.69, 9.17) is 4.74 Å². The van der Waals surface area contributed by atoms with Crippen LogP contribution in [-0.2, 0) is 30.3 Å². The van der Waals surface area contributed by atoms with Gasteiger partial charge in [-0.1, -0.05) is 74.5 Å². The molecule has 1 unspecified atom stereocenters. The zero-order valence-electron chi connectivity index (χ0n) is 21.6. The lowest BCUT2D eigenvalue weighted by atomic mass is 9.96. The number of nitrogens with one attached hydrogen (secondary N) is 1. The fourth-order valence-electron chi connectivity index (χ4n) is 4.39. The molecule has 0 bridgehead atoms. The third-order valence-electron chi connectivity index (χ3n) is 6.21. The monoisotopic (exact) mass is 523 g/mol. The van der Waals surface area contributed by atoms with Crippen molar-refractivity contribution in [1.29, 1.82) is 0 Å². The number of carboxylic acid groups (broad SMARTS) is 1. The number of ether oxygens (including phenoxy) is 1. The highest BCUT2D eigenvalue weighted by Crippen LogP contribution is 2.30. The second-order valence-corrected chi connectivity index (χ2v) is 9.37. The highest BCUT2D eigenvalue weighted by atomic mass is 16.5. The highest BCUT2D eigenvalue weighted by molar-refractivity contribution is 6.00. The number of aliphatic carboxylic acids is 1. The van der Waals surface area contributed by atoms with Crippen LogP contribution in [0.5, 0.6) is 0 Å². The Hall–Kier alpha value is -4.02. The number of hydrogen-bond acceptors (Lipinski definition) is 6. The summed E-state index contributed by atoms with van der Waals surface area (Å²) in [5, 5.41) is 22.3. The van der Waals surface area contributed by atoms with Crippen LogP contribution in [0.1, 0.15) is 25.0 Å². The molecule has 1 heterocycles. The van der Waals surface area contributed by atoms with Crippen LogP contribution in [0, 0.1) is 5.92 Å². The van der Waals surface area contributed by atoms with E-state index in [2.05, 4.69) is 5.32 Å². The Kier molecular flexibility index (Phi) is 9.75. The van der Waals surface area contributed by atoms with Crippen molar-refractivity contribution in [3.05, 3.63) is 78.0 Å². The van der Waals surface area contributed by atoms with Gasteiger partial charge in [-0.2, -0.15) is 0 Å². The third kappa shape index (κ3) is 6.84. The standard InChI is InChI=1S/C28H33N3O7/c1-18(2)25-27(35)30(22(20-12-8-5-9-13-20)15-31(25)24(33)17-38-3)16-23(32)29-21(26(34)28(36)37)14-19-10-6-4-7-11-19/h4-13,15,18,21,25-26,34H,14,16-17H2,1-3H3,(H,29,32)(H,36,37)/t21-,25+,26?/m0/s1. The molecule has 0 saturated carbocycles. The van der Waals surface area contributed by atoms with Crippen molar-refractivity contribution in [3.8, 4) is 0 Å². The first kappa shape index (κ1) is 28.5. The van der Waals surface area contributed by atoms with Crippen LogP contribution >= 0.6 is 0 Å². The summed E-state index contributed by atoms with van der Waals surface area (Å²) < 4.78 is 5.01. The summed E-state index contributed by atoms with van der Waals surface area (Å²) in [4.78, 5) is 54.0. The van der Waals surface area contributed by atoms with E-state index in [0.29, 0.717) is 11.3 Å². The fourth-order valence-corrected chi connectivity index (χ4v) is 4.39. The van der Waals surface area contributed by atoms with E-state index in [1.54, 1.807) is 80.7 Å². The molecular weight excluding hydrogens is 490 g/mol. The largest absolute Gasteiger partial charge is 0.479 e. The topological polar surface area (TPSA) is 136 Å². The lowest BCUT2D eigenvalue weighted by Gasteiger charge is -2.41. The van der Waals surface area contributed by atoms with E-state index < -0.39 is 48.4 Å². The number of hydrogen-bond donors (Lipinski definition) is 3. The lowest BCUT2D eigenvalue weighted by molar-refractivity contribution is -0.149. The van der Waals surface area contributed by atoms with Crippen molar-refractivity contribution in [3.63, 3.8) is 0 Å². The number of carboxylic acids is 1. The average molecular weight is 524 g/mol. The van der Waals surface area contributed by atoms with Crippen molar-refractivity contribution in [2.45, 2.75) is 38.5 Å². The molecule has 3 rings (SSSR count). The normalized spacial score (nSPS) is 17.1. The van der Waals surface area contributed by atoms with Crippen LogP contribution in [0.4, 0.5) is 0 Å². The molecule has 10 nitrogen and oxygen atoms in total. The first-order valence-corrected chi connectivity index (χ1v) is 12.3. The van der Waals surface area contributed by atoms with E-state index >= 15 is 0 Å². The van der Waals surface area contributed by atoms with Crippen LogP contribution in [0.3, 0.4) is 0 Å². The van der Waals surface area contributed by atoms with Crippen LogP contribution in [0.2, 0.25) is 0 Å². The Morgan fingerprint density at radius 1 is 1.03 bits per heavy atom. The molecule has 10 heteroatoms. The van der Waals surface area contributed by atoms with E-state index in [0.717, 1.165) is 5.56 Å². The number of aliphatic hydroxyl groups is 1. The van der Waals surface area contributed by atoms with Crippen LogP contribution in [0.25, 0.3) is 5.70 Å². The van der Waals surface area contributed by atoms with Crippen molar-refractivity contribution in [2.24, 2.45) is 5.92 Å². The van der Waals surface area contributed by atoms with Gasteiger partial charge in [0.1, 0.15) is 19.2 Å². The first-order chi connectivity index (χ1) is 18.1. The maximum Gasteiger partial charge on any atom is 0.334 e. The minimum absolute atomic E-state index is 0.0727. The molecule has 0 aromatic heterocycles. The number of carbonyl (C=O) groups is 4. The van der Waals surface area contributed by atoms with Crippen molar-refractivity contribution in [1.82, 2.24) is 15.1 Å². The zero-order chi connectivity index (χ0) is 27.8. The molecule has 0 saturated heterocycles. The lowest BCUT2D eigenvalue weighted by Crippen LogP contribution is -2.58. The van der Waals surface area contributed by atoms with E-state index in [-0.39, 0.29) is 18.9 Å². The number of aliphatic hydroxyl groups excluding tert-OH is 1.